The summed E-state index contributed by atoms with van der Waals surface area (Å²) in [7, 11) is 0. The van der Waals surface area contributed by atoms with Crippen LogP contribution in [-0.4, -0.2) is 15.2 Å². The highest BCUT2D eigenvalue weighted by Gasteiger charge is 2.03. The molecular weight excluding hydrogens is 252 g/mol. The highest BCUT2D eigenvalue weighted by molar-refractivity contribution is 5.81. The van der Waals surface area contributed by atoms with Crippen LogP contribution in [0.25, 0.3) is 10.9 Å². The van der Waals surface area contributed by atoms with Crippen LogP contribution in [0.3, 0.4) is 0 Å². The molecule has 0 aliphatic carbocycles. The highest BCUT2D eigenvalue weighted by atomic mass is 16.3. The van der Waals surface area contributed by atoms with Crippen molar-refractivity contribution in [1.82, 2.24) is 4.98 Å². The SMILES string of the molecule is Oc1ccc(CNc2cnc3ccccc3c2)c(O)c1. The molecule has 0 amide bonds. The van der Waals surface area contributed by atoms with Gasteiger partial charge in [0.25, 0.3) is 0 Å². The Morgan fingerprint density at radius 3 is 2.70 bits per heavy atom. The van der Waals surface area contributed by atoms with E-state index in [4.69, 9.17) is 0 Å². The van der Waals surface area contributed by atoms with Crippen LogP contribution < -0.4 is 5.32 Å². The standard InChI is InChI=1S/C16H14N2O2/c19-14-6-5-12(16(20)8-14)9-17-13-7-11-3-1-2-4-15(11)18-10-13/h1-8,10,17,19-20H,9H2. The Labute approximate surface area is 116 Å². The van der Waals surface area contributed by atoms with Gasteiger partial charge < -0.3 is 15.5 Å². The largest absolute Gasteiger partial charge is 0.508 e. The van der Waals surface area contributed by atoms with E-state index >= 15 is 0 Å². The lowest BCUT2D eigenvalue weighted by molar-refractivity contribution is 0.446. The second-order valence-electron chi connectivity index (χ2n) is 4.58. The maximum Gasteiger partial charge on any atom is 0.124 e. The number of hydrogen-bond donors (Lipinski definition) is 3. The molecule has 0 saturated heterocycles. The fraction of sp³-hybridized carbons (Fsp3) is 0.0625. The number of pyridine rings is 1. The highest BCUT2D eigenvalue weighted by Crippen LogP contribution is 2.24. The summed E-state index contributed by atoms with van der Waals surface area (Å²) in [6.45, 7) is 0.464. The number of aromatic nitrogens is 1. The third-order valence-electron chi connectivity index (χ3n) is 3.14. The van der Waals surface area contributed by atoms with Gasteiger partial charge in [-0.2, -0.15) is 0 Å². The van der Waals surface area contributed by atoms with Crippen LogP contribution in [0.2, 0.25) is 0 Å². The summed E-state index contributed by atoms with van der Waals surface area (Å²) in [5, 5.41) is 23.2. The Balaban J connectivity index is 1.79. The molecule has 100 valence electrons. The first-order valence-electron chi connectivity index (χ1n) is 6.32. The lowest BCUT2D eigenvalue weighted by Crippen LogP contribution is -2.00. The number of aromatic hydroxyl groups is 2. The van der Waals surface area contributed by atoms with Crippen LogP contribution in [0.5, 0.6) is 11.5 Å². The summed E-state index contributed by atoms with van der Waals surface area (Å²) in [5.41, 5.74) is 2.55. The second-order valence-corrected chi connectivity index (χ2v) is 4.58. The first kappa shape index (κ1) is 12.3. The van der Waals surface area contributed by atoms with E-state index in [0.717, 1.165) is 22.2 Å². The fourth-order valence-corrected chi connectivity index (χ4v) is 2.07. The monoisotopic (exact) mass is 266 g/mol. The molecule has 20 heavy (non-hydrogen) atoms. The molecule has 1 heterocycles. The van der Waals surface area contributed by atoms with E-state index in [1.165, 1.54) is 6.07 Å². The van der Waals surface area contributed by atoms with Crippen molar-refractivity contribution >= 4 is 16.6 Å². The van der Waals surface area contributed by atoms with Crippen molar-refractivity contribution in [2.24, 2.45) is 0 Å². The van der Waals surface area contributed by atoms with Crippen LogP contribution in [0.4, 0.5) is 5.69 Å². The number of benzene rings is 2. The molecule has 3 N–H and O–H groups in total. The smallest absolute Gasteiger partial charge is 0.124 e. The summed E-state index contributed by atoms with van der Waals surface area (Å²) in [5.74, 6) is 0.130. The van der Waals surface area contributed by atoms with Crippen LogP contribution in [0.1, 0.15) is 5.56 Å². The average Bonchev–Trinajstić information content (AvgIpc) is 2.46. The van der Waals surface area contributed by atoms with Crippen molar-refractivity contribution in [3.05, 3.63) is 60.3 Å². The Hall–Kier alpha value is -2.75. The summed E-state index contributed by atoms with van der Waals surface area (Å²) < 4.78 is 0. The molecule has 0 atom stereocenters. The van der Waals surface area contributed by atoms with E-state index in [1.54, 1.807) is 18.3 Å². The minimum Gasteiger partial charge on any atom is -0.508 e. The van der Waals surface area contributed by atoms with E-state index < -0.39 is 0 Å². The predicted molar refractivity (Wildman–Crippen MR) is 78.8 cm³/mol. The third-order valence-corrected chi connectivity index (χ3v) is 3.14. The van der Waals surface area contributed by atoms with Crippen molar-refractivity contribution in [3.8, 4) is 11.5 Å². The number of nitrogens with one attached hydrogen (secondary N) is 1. The molecule has 1 aromatic heterocycles. The van der Waals surface area contributed by atoms with Crippen LogP contribution >= 0.6 is 0 Å². The Morgan fingerprint density at radius 2 is 1.85 bits per heavy atom. The molecule has 0 spiro atoms. The van der Waals surface area contributed by atoms with Crippen molar-refractivity contribution in [2.75, 3.05) is 5.32 Å². The molecule has 0 unspecified atom stereocenters. The molecule has 2 aromatic carbocycles. The lowest BCUT2D eigenvalue weighted by Gasteiger charge is -2.09. The number of hydrogen-bond acceptors (Lipinski definition) is 4. The number of para-hydroxylation sites is 1. The van der Waals surface area contributed by atoms with Crippen LogP contribution in [0, 0.1) is 0 Å². The van der Waals surface area contributed by atoms with E-state index in [-0.39, 0.29) is 11.5 Å². The van der Waals surface area contributed by atoms with Crippen molar-refractivity contribution in [3.63, 3.8) is 0 Å². The summed E-state index contributed by atoms with van der Waals surface area (Å²) >= 11 is 0. The zero-order chi connectivity index (χ0) is 13.9. The van der Waals surface area contributed by atoms with Gasteiger partial charge in [0.1, 0.15) is 11.5 Å². The molecule has 3 rings (SSSR count). The van der Waals surface area contributed by atoms with Crippen molar-refractivity contribution in [1.29, 1.82) is 0 Å². The zero-order valence-electron chi connectivity index (χ0n) is 10.7. The molecule has 3 aromatic rings. The minimum absolute atomic E-state index is 0.0543. The number of rotatable bonds is 3. The van der Waals surface area contributed by atoms with Gasteiger partial charge >= 0.3 is 0 Å². The lowest BCUT2D eigenvalue weighted by atomic mass is 10.2. The predicted octanol–water partition coefficient (Wildman–Crippen LogP) is 3.26. The normalized spacial score (nSPS) is 10.6. The maximum atomic E-state index is 9.73. The van der Waals surface area contributed by atoms with E-state index in [9.17, 15) is 10.2 Å². The summed E-state index contributed by atoms with van der Waals surface area (Å²) in [4.78, 5) is 4.36. The van der Waals surface area contributed by atoms with Gasteiger partial charge in [-0.25, -0.2) is 0 Å². The molecule has 0 radical (unpaired) electrons. The minimum atomic E-state index is 0.0543. The topological polar surface area (TPSA) is 65.4 Å². The van der Waals surface area contributed by atoms with E-state index in [0.29, 0.717) is 6.54 Å². The quantitative estimate of drug-likeness (QED) is 0.680. The van der Waals surface area contributed by atoms with Crippen LogP contribution in [-0.2, 0) is 6.54 Å². The zero-order valence-corrected chi connectivity index (χ0v) is 10.7. The van der Waals surface area contributed by atoms with Crippen molar-refractivity contribution < 1.29 is 10.2 Å². The van der Waals surface area contributed by atoms with E-state index in [1.807, 2.05) is 30.3 Å². The summed E-state index contributed by atoms with van der Waals surface area (Å²) in [6.07, 6.45) is 1.76. The Morgan fingerprint density at radius 1 is 1.00 bits per heavy atom. The number of phenolic OH excluding ortho intramolecular Hbond substituents is 2. The first-order chi connectivity index (χ1) is 9.72. The first-order valence-corrected chi connectivity index (χ1v) is 6.32. The third kappa shape index (κ3) is 2.49. The van der Waals surface area contributed by atoms with Gasteiger partial charge in [-0.15, -0.1) is 0 Å². The summed E-state index contributed by atoms with van der Waals surface area (Å²) in [6, 6.07) is 14.5. The Kier molecular flexibility index (Phi) is 3.13. The van der Waals surface area contributed by atoms with Gasteiger partial charge in [0, 0.05) is 23.6 Å². The molecule has 0 saturated carbocycles. The van der Waals surface area contributed by atoms with Gasteiger partial charge in [-0.05, 0) is 24.3 Å². The molecule has 4 heteroatoms. The second kappa shape index (κ2) is 5.09. The van der Waals surface area contributed by atoms with Gasteiger partial charge in [0.15, 0.2) is 0 Å². The fourth-order valence-electron chi connectivity index (χ4n) is 2.07. The molecule has 0 aliphatic heterocycles. The molecule has 0 aliphatic rings. The van der Waals surface area contributed by atoms with Crippen LogP contribution in [0.15, 0.2) is 54.7 Å². The van der Waals surface area contributed by atoms with Gasteiger partial charge in [0.2, 0.25) is 0 Å². The number of phenols is 2. The number of fused-ring (bicyclic) bond motifs is 1. The molecule has 4 nitrogen and oxygen atoms in total. The molecule has 0 fully saturated rings. The number of anilines is 1. The van der Waals surface area contributed by atoms with Gasteiger partial charge in [0.05, 0.1) is 17.4 Å². The van der Waals surface area contributed by atoms with E-state index in [2.05, 4.69) is 10.3 Å². The van der Waals surface area contributed by atoms with Crippen molar-refractivity contribution in [2.45, 2.75) is 6.54 Å². The average molecular weight is 266 g/mol. The van der Waals surface area contributed by atoms with Gasteiger partial charge in [-0.3, -0.25) is 4.98 Å². The van der Waals surface area contributed by atoms with Gasteiger partial charge in [-0.1, -0.05) is 18.2 Å². The molecular formula is C16H14N2O2. The maximum absolute atomic E-state index is 9.73. The molecule has 0 bridgehead atoms. The Bertz CT molecular complexity index is 756. The number of nitrogens with zero attached hydrogens (tertiary/aromatic N) is 1.